The largest absolute Gasteiger partial charge is 0.364 e. The van der Waals surface area contributed by atoms with Gasteiger partial charge in [0.1, 0.15) is 0 Å². The van der Waals surface area contributed by atoms with Gasteiger partial charge in [-0.2, -0.15) is 10.2 Å². The van der Waals surface area contributed by atoms with Crippen molar-refractivity contribution < 1.29 is 9.53 Å². The molecule has 138 valence electrons. The zero-order valence-electron chi connectivity index (χ0n) is 15.6. The molecule has 1 amide bonds. The van der Waals surface area contributed by atoms with Gasteiger partial charge in [0.05, 0.1) is 18.0 Å². The molecule has 1 N–H and O–H groups in total. The number of hydrogen-bond donors (Lipinski definition) is 1. The zero-order valence-corrected chi connectivity index (χ0v) is 15.6. The molecule has 2 aromatic carbocycles. The molecule has 4 atom stereocenters. The van der Waals surface area contributed by atoms with Crippen LogP contribution in [0, 0.1) is 16.7 Å². The number of ether oxygens (including phenoxy) is 1. The third-order valence-electron chi connectivity index (χ3n) is 7.37. The number of fused-ring (bicyclic) bond motifs is 2. The van der Waals surface area contributed by atoms with Crippen molar-refractivity contribution in [3.05, 3.63) is 54.6 Å². The summed E-state index contributed by atoms with van der Waals surface area (Å²) in [7, 11) is 0. The molecule has 0 unspecified atom stereocenters. The van der Waals surface area contributed by atoms with Crippen molar-refractivity contribution in [1.29, 1.82) is 0 Å². The summed E-state index contributed by atoms with van der Waals surface area (Å²) in [4.78, 5) is 13.1. The van der Waals surface area contributed by atoms with Crippen LogP contribution in [0.5, 0.6) is 0 Å². The second kappa shape index (κ2) is 5.49. The van der Waals surface area contributed by atoms with Crippen LogP contribution in [-0.2, 0) is 9.53 Å². The van der Waals surface area contributed by atoms with Crippen molar-refractivity contribution in [3.63, 3.8) is 0 Å². The van der Waals surface area contributed by atoms with Crippen molar-refractivity contribution in [2.45, 2.75) is 32.3 Å². The Morgan fingerprint density at radius 1 is 1.04 bits per heavy atom. The highest BCUT2D eigenvalue weighted by Crippen LogP contribution is 2.81. The molecule has 2 aliphatic heterocycles. The van der Waals surface area contributed by atoms with E-state index in [1.807, 2.05) is 54.6 Å². The summed E-state index contributed by atoms with van der Waals surface area (Å²) in [5.74, 6) is 0.343. The van der Waals surface area contributed by atoms with E-state index in [2.05, 4.69) is 29.4 Å². The number of anilines is 1. The molecule has 5 heteroatoms. The molecule has 0 radical (unpaired) electrons. The van der Waals surface area contributed by atoms with E-state index in [4.69, 9.17) is 4.74 Å². The Labute approximate surface area is 158 Å². The fraction of sp³-hybridized carbons (Fsp3) is 0.409. The number of rotatable bonds is 4. The van der Waals surface area contributed by atoms with Gasteiger partial charge in [-0.25, -0.2) is 0 Å². The van der Waals surface area contributed by atoms with Gasteiger partial charge >= 0.3 is 0 Å². The molecule has 5 aliphatic rings. The van der Waals surface area contributed by atoms with Gasteiger partial charge < -0.3 is 10.1 Å². The Morgan fingerprint density at radius 3 is 2.33 bits per heavy atom. The Balaban J connectivity index is 1.30. The first kappa shape index (κ1) is 16.6. The zero-order chi connectivity index (χ0) is 18.7. The van der Waals surface area contributed by atoms with Gasteiger partial charge in [-0.15, -0.1) is 0 Å². The highest BCUT2D eigenvalue weighted by molar-refractivity contribution is 6.00. The lowest BCUT2D eigenvalue weighted by atomic mass is 9.44. The van der Waals surface area contributed by atoms with E-state index < -0.39 is 5.60 Å². The second-order valence-electron chi connectivity index (χ2n) is 8.40. The molecule has 2 heterocycles. The van der Waals surface area contributed by atoms with Crippen LogP contribution < -0.4 is 5.32 Å². The Morgan fingerprint density at radius 2 is 1.70 bits per heavy atom. The molecule has 2 saturated heterocycles. The minimum Gasteiger partial charge on any atom is -0.364 e. The molecule has 27 heavy (non-hydrogen) atoms. The quantitative estimate of drug-likeness (QED) is 0.756. The maximum absolute atomic E-state index is 13.1. The van der Waals surface area contributed by atoms with Gasteiger partial charge in [-0.1, -0.05) is 32.0 Å². The van der Waals surface area contributed by atoms with Crippen molar-refractivity contribution in [3.8, 4) is 0 Å². The van der Waals surface area contributed by atoms with E-state index in [9.17, 15) is 4.79 Å². The minimum absolute atomic E-state index is 0.00105. The van der Waals surface area contributed by atoms with E-state index in [1.165, 1.54) is 0 Å². The molecule has 0 spiro atoms. The summed E-state index contributed by atoms with van der Waals surface area (Å²) >= 11 is 0. The van der Waals surface area contributed by atoms with Crippen LogP contribution in [0.25, 0.3) is 0 Å². The summed E-state index contributed by atoms with van der Waals surface area (Å²) < 4.78 is 6.11. The van der Waals surface area contributed by atoms with Crippen LogP contribution >= 0.6 is 0 Å². The summed E-state index contributed by atoms with van der Waals surface area (Å²) in [5.41, 5.74) is 1.79. The molecule has 5 fully saturated rings. The van der Waals surface area contributed by atoms with Gasteiger partial charge in [0.2, 0.25) is 0 Å². The summed E-state index contributed by atoms with van der Waals surface area (Å²) in [6, 6.07) is 17.1. The van der Waals surface area contributed by atoms with Crippen molar-refractivity contribution in [2.75, 3.05) is 11.9 Å². The molecular formula is C22H23N3O2. The molecule has 0 aromatic heterocycles. The van der Waals surface area contributed by atoms with Crippen molar-refractivity contribution in [1.82, 2.24) is 0 Å². The van der Waals surface area contributed by atoms with Crippen LogP contribution in [0.2, 0.25) is 0 Å². The number of nitrogens with one attached hydrogen (secondary N) is 1. The number of azo groups is 1. The predicted octanol–water partition coefficient (Wildman–Crippen LogP) is 5.25. The maximum Gasteiger partial charge on any atom is 0.257 e. The predicted molar refractivity (Wildman–Crippen MR) is 103 cm³/mol. The number of hydrogen-bond acceptors (Lipinski definition) is 4. The highest BCUT2D eigenvalue weighted by Gasteiger charge is 2.87. The molecule has 4 bridgehead atoms. The fourth-order valence-electron chi connectivity index (χ4n) is 5.69. The SMILES string of the molecule is C[C@]12CC[C@@H]3[C@]1(C)CO[C@]32C(=O)Nc1ccc(N=Nc2ccccc2)cc1. The van der Waals surface area contributed by atoms with Gasteiger partial charge in [-0.05, 0) is 49.2 Å². The smallest absolute Gasteiger partial charge is 0.257 e. The third-order valence-corrected chi connectivity index (χ3v) is 7.37. The molecular weight excluding hydrogens is 338 g/mol. The minimum atomic E-state index is -0.645. The molecule has 3 aliphatic carbocycles. The normalized spacial score (nSPS) is 36.0. The number of nitrogens with zero attached hydrogens (tertiary/aromatic N) is 2. The molecule has 7 rings (SSSR count). The van der Waals surface area contributed by atoms with E-state index in [1.54, 1.807) is 0 Å². The van der Waals surface area contributed by atoms with Gasteiger partial charge in [0.25, 0.3) is 5.91 Å². The number of amides is 1. The summed E-state index contributed by atoms with van der Waals surface area (Å²) in [6.07, 6.45) is 2.15. The van der Waals surface area contributed by atoms with Crippen molar-refractivity contribution >= 4 is 23.0 Å². The van der Waals surface area contributed by atoms with E-state index >= 15 is 0 Å². The Kier molecular flexibility index (Phi) is 3.38. The second-order valence-corrected chi connectivity index (χ2v) is 8.40. The fourth-order valence-corrected chi connectivity index (χ4v) is 5.69. The number of carbonyl (C=O) groups excluding carboxylic acids is 1. The maximum atomic E-state index is 13.1. The van der Waals surface area contributed by atoms with Crippen molar-refractivity contribution in [2.24, 2.45) is 27.0 Å². The Hall–Kier alpha value is -2.53. The third kappa shape index (κ3) is 2.00. The van der Waals surface area contributed by atoms with Crippen LogP contribution in [0.3, 0.4) is 0 Å². The lowest BCUT2D eigenvalue weighted by Gasteiger charge is -2.58. The van der Waals surface area contributed by atoms with Gasteiger partial charge in [0, 0.05) is 22.4 Å². The first-order chi connectivity index (χ1) is 13.0. The first-order valence-electron chi connectivity index (χ1n) is 9.52. The lowest BCUT2D eigenvalue weighted by molar-refractivity contribution is -0.176. The van der Waals surface area contributed by atoms with E-state index in [0.717, 1.165) is 29.9 Å². The monoisotopic (exact) mass is 361 g/mol. The number of benzene rings is 2. The molecule has 3 saturated carbocycles. The van der Waals surface area contributed by atoms with Crippen LogP contribution in [0.1, 0.15) is 26.7 Å². The van der Waals surface area contributed by atoms with Crippen LogP contribution in [-0.4, -0.2) is 18.1 Å². The van der Waals surface area contributed by atoms with Crippen LogP contribution in [0.4, 0.5) is 17.1 Å². The van der Waals surface area contributed by atoms with Gasteiger partial charge in [-0.3, -0.25) is 4.79 Å². The Bertz CT molecular complexity index is 926. The molecule has 5 nitrogen and oxygen atoms in total. The van der Waals surface area contributed by atoms with Crippen LogP contribution in [0.15, 0.2) is 64.8 Å². The standard InChI is InChI=1S/C22H23N3O2/c1-20-14-27-22(18(20)12-13-21(20,22)2)19(26)23-15-8-10-17(11-9-15)25-24-16-6-4-3-5-7-16/h3-11,18H,12-14H2,1-2H3,(H,23,26)/t18-,20+,21+,22+/m1/s1. The van der Waals surface area contributed by atoms with E-state index in [-0.39, 0.29) is 16.7 Å². The summed E-state index contributed by atoms with van der Waals surface area (Å²) in [6.45, 7) is 5.19. The van der Waals surface area contributed by atoms with E-state index in [0.29, 0.717) is 12.5 Å². The summed E-state index contributed by atoms with van der Waals surface area (Å²) in [5, 5.41) is 11.5. The highest BCUT2D eigenvalue weighted by atomic mass is 16.5. The average Bonchev–Trinajstić information content (AvgIpc) is 3.34. The average molecular weight is 361 g/mol. The lowest BCUT2D eigenvalue weighted by Crippen LogP contribution is -2.69. The van der Waals surface area contributed by atoms with Gasteiger partial charge in [0.15, 0.2) is 5.60 Å². The first-order valence-corrected chi connectivity index (χ1v) is 9.52. The molecule has 2 aromatic rings. The topological polar surface area (TPSA) is 63.0 Å². The number of carbonyl (C=O) groups is 1.